The molecule has 0 heterocycles. The second-order valence-electron chi connectivity index (χ2n) is 2.06. The van der Waals surface area contributed by atoms with Gasteiger partial charge in [0.05, 0.1) is 0 Å². The molecule has 0 atom stereocenters. The molecule has 3 heteroatoms. The number of hydrogen-bond donors (Lipinski definition) is 0. The van der Waals surface area contributed by atoms with E-state index in [4.69, 9.17) is 0 Å². The van der Waals surface area contributed by atoms with E-state index >= 15 is 0 Å². The van der Waals surface area contributed by atoms with Crippen LogP contribution in [-0.2, 0) is 5.33 Å². The number of carbonyl (C=O) groups is 1. The first kappa shape index (κ1) is 8.40. The van der Waals surface area contributed by atoms with Gasteiger partial charge in [0.15, 0.2) is 0 Å². The van der Waals surface area contributed by atoms with E-state index in [1.807, 2.05) is 0 Å². The summed E-state index contributed by atoms with van der Waals surface area (Å²) in [6.45, 7) is 0. The maximum Gasteiger partial charge on any atom is 0.150 e. The lowest BCUT2D eigenvalue weighted by molar-refractivity contribution is 0.112. The quantitative estimate of drug-likeness (QED) is 0.549. The molecular formula is C8H6BrFO. The van der Waals surface area contributed by atoms with Gasteiger partial charge < -0.3 is 0 Å². The lowest BCUT2D eigenvalue weighted by atomic mass is 10.1. The first-order chi connectivity index (χ1) is 5.29. The SMILES string of the molecule is O=Cc1cccc(F)c1CBr. The van der Waals surface area contributed by atoms with Crippen molar-refractivity contribution in [3.8, 4) is 0 Å². The minimum Gasteiger partial charge on any atom is -0.298 e. The van der Waals surface area contributed by atoms with E-state index < -0.39 is 0 Å². The van der Waals surface area contributed by atoms with Gasteiger partial charge in [0, 0.05) is 16.5 Å². The lowest BCUT2D eigenvalue weighted by Gasteiger charge is -2.00. The molecule has 0 spiro atoms. The van der Waals surface area contributed by atoms with E-state index in [2.05, 4.69) is 15.9 Å². The third-order valence-electron chi connectivity index (χ3n) is 1.42. The van der Waals surface area contributed by atoms with Crippen molar-refractivity contribution >= 4 is 22.2 Å². The van der Waals surface area contributed by atoms with Crippen molar-refractivity contribution in [2.75, 3.05) is 0 Å². The van der Waals surface area contributed by atoms with Crippen molar-refractivity contribution in [3.05, 3.63) is 35.1 Å². The van der Waals surface area contributed by atoms with Crippen LogP contribution in [0.5, 0.6) is 0 Å². The molecule has 58 valence electrons. The van der Waals surface area contributed by atoms with Gasteiger partial charge in [-0.05, 0) is 6.07 Å². The van der Waals surface area contributed by atoms with Crippen molar-refractivity contribution < 1.29 is 9.18 Å². The standard InChI is InChI=1S/C8H6BrFO/c9-4-7-6(5-11)2-1-3-8(7)10/h1-3,5H,4H2. The van der Waals surface area contributed by atoms with Crippen LogP contribution < -0.4 is 0 Å². The topological polar surface area (TPSA) is 17.1 Å². The summed E-state index contributed by atoms with van der Waals surface area (Å²) in [4.78, 5) is 10.4. The number of hydrogen-bond acceptors (Lipinski definition) is 1. The van der Waals surface area contributed by atoms with Crippen LogP contribution in [0.1, 0.15) is 15.9 Å². The zero-order valence-corrected chi connectivity index (χ0v) is 7.27. The Morgan fingerprint density at radius 3 is 2.73 bits per heavy atom. The molecule has 0 amide bonds. The molecule has 0 radical (unpaired) electrons. The van der Waals surface area contributed by atoms with Crippen molar-refractivity contribution in [2.45, 2.75) is 5.33 Å². The number of halogens is 2. The van der Waals surface area contributed by atoms with Crippen molar-refractivity contribution in [3.63, 3.8) is 0 Å². The second kappa shape index (κ2) is 3.62. The highest BCUT2D eigenvalue weighted by Crippen LogP contribution is 2.14. The Morgan fingerprint density at radius 1 is 1.55 bits per heavy atom. The van der Waals surface area contributed by atoms with Gasteiger partial charge in [-0.1, -0.05) is 28.1 Å². The van der Waals surface area contributed by atoms with Crippen LogP contribution in [0.2, 0.25) is 0 Å². The molecule has 0 saturated carbocycles. The number of carbonyl (C=O) groups excluding carboxylic acids is 1. The minimum absolute atomic E-state index is 0.341. The van der Waals surface area contributed by atoms with Crippen molar-refractivity contribution in [1.82, 2.24) is 0 Å². The maximum atomic E-state index is 12.8. The van der Waals surface area contributed by atoms with Crippen LogP contribution in [0, 0.1) is 5.82 Å². The minimum atomic E-state index is -0.341. The Balaban J connectivity index is 3.23. The fraction of sp³-hybridized carbons (Fsp3) is 0.125. The molecule has 0 aliphatic rings. The Labute approximate surface area is 72.4 Å². The molecule has 0 aliphatic carbocycles. The van der Waals surface area contributed by atoms with Gasteiger partial charge in [-0.2, -0.15) is 0 Å². The Bertz CT molecular complexity index is 273. The molecule has 0 N–H and O–H groups in total. The highest BCUT2D eigenvalue weighted by atomic mass is 79.9. The van der Waals surface area contributed by atoms with E-state index in [0.717, 1.165) is 0 Å². The average Bonchev–Trinajstić information content (AvgIpc) is 2.04. The molecule has 1 aromatic carbocycles. The Kier molecular flexibility index (Phi) is 2.76. The van der Waals surface area contributed by atoms with Gasteiger partial charge in [-0.15, -0.1) is 0 Å². The molecular weight excluding hydrogens is 211 g/mol. The summed E-state index contributed by atoms with van der Waals surface area (Å²) in [7, 11) is 0. The molecule has 1 nitrogen and oxygen atoms in total. The average molecular weight is 217 g/mol. The summed E-state index contributed by atoms with van der Waals surface area (Å²) in [5, 5.41) is 0.369. The third kappa shape index (κ3) is 1.66. The zero-order valence-electron chi connectivity index (χ0n) is 5.68. The summed E-state index contributed by atoms with van der Waals surface area (Å²) in [5.41, 5.74) is 0.823. The molecule has 11 heavy (non-hydrogen) atoms. The van der Waals surface area contributed by atoms with Crippen LogP contribution in [0.4, 0.5) is 4.39 Å². The summed E-state index contributed by atoms with van der Waals surface area (Å²) >= 11 is 3.10. The zero-order chi connectivity index (χ0) is 8.27. The molecule has 0 fully saturated rings. The number of aldehydes is 1. The molecule has 0 saturated heterocycles. The predicted octanol–water partition coefficient (Wildman–Crippen LogP) is 2.53. The van der Waals surface area contributed by atoms with Crippen molar-refractivity contribution in [2.24, 2.45) is 0 Å². The maximum absolute atomic E-state index is 12.8. The van der Waals surface area contributed by atoms with E-state index in [9.17, 15) is 9.18 Å². The largest absolute Gasteiger partial charge is 0.298 e. The van der Waals surface area contributed by atoms with Crippen LogP contribution in [-0.4, -0.2) is 6.29 Å². The van der Waals surface area contributed by atoms with Crippen LogP contribution >= 0.6 is 15.9 Å². The van der Waals surface area contributed by atoms with E-state index in [0.29, 0.717) is 22.7 Å². The number of benzene rings is 1. The normalized spacial score (nSPS) is 9.64. The van der Waals surface area contributed by atoms with E-state index in [1.54, 1.807) is 6.07 Å². The fourth-order valence-corrected chi connectivity index (χ4v) is 1.42. The third-order valence-corrected chi connectivity index (χ3v) is 1.98. The summed E-state index contributed by atoms with van der Waals surface area (Å²) in [6.07, 6.45) is 0.652. The Hall–Kier alpha value is -0.700. The van der Waals surface area contributed by atoms with E-state index in [1.165, 1.54) is 12.1 Å². The van der Waals surface area contributed by atoms with Gasteiger partial charge in [-0.3, -0.25) is 4.79 Å². The molecule has 0 bridgehead atoms. The van der Waals surface area contributed by atoms with Gasteiger partial charge in [0.25, 0.3) is 0 Å². The smallest absolute Gasteiger partial charge is 0.150 e. The number of alkyl halides is 1. The first-order valence-electron chi connectivity index (χ1n) is 3.08. The highest BCUT2D eigenvalue weighted by molar-refractivity contribution is 9.08. The highest BCUT2D eigenvalue weighted by Gasteiger charge is 2.04. The molecule has 1 aromatic rings. The van der Waals surface area contributed by atoms with Gasteiger partial charge in [0.1, 0.15) is 12.1 Å². The number of rotatable bonds is 2. The van der Waals surface area contributed by atoms with Crippen LogP contribution in [0.15, 0.2) is 18.2 Å². The Morgan fingerprint density at radius 2 is 2.27 bits per heavy atom. The van der Waals surface area contributed by atoms with Gasteiger partial charge in [-0.25, -0.2) is 4.39 Å². The van der Waals surface area contributed by atoms with Gasteiger partial charge >= 0.3 is 0 Å². The lowest BCUT2D eigenvalue weighted by Crippen LogP contribution is -1.92. The summed E-state index contributed by atoms with van der Waals surface area (Å²) < 4.78 is 12.8. The molecule has 0 aliphatic heterocycles. The van der Waals surface area contributed by atoms with Crippen LogP contribution in [0.3, 0.4) is 0 Å². The predicted molar refractivity (Wildman–Crippen MR) is 44.4 cm³/mol. The molecule has 0 unspecified atom stereocenters. The van der Waals surface area contributed by atoms with Crippen molar-refractivity contribution in [1.29, 1.82) is 0 Å². The van der Waals surface area contributed by atoms with E-state index in [-0.39, 0.29) is 5.82 Å². The summed E-state index contributed by atoms with van der Waals surface area (Å²) in [5.74, 6) is -0.341. The second-order valence-corrected chi connectivity index (χ2v) is 2.62. The first-order valence-corrected chi connectivity index (χ1v) is 4.20. The van der Waals surface area contributed by atoms with Gasteiger partial charge in [0.2, 0.25) is 0 Å². The molecule has 0 aromatic heterocycles. The fourth-order valence-electron chi connectivity index (χ4n) is 0.827. The molecule has 1 rings (SSSR count). The van der Waals surface area contributed by atoms with Crippen LogP contribution in [0.25, 0.3) is 0 Å². The summed E-state index contributed by atoms with van der Waals surface area (Å²) in [6, 6.07) is 4.45. The monoisotopic (exact) mass is 216 g/mol.